The van der Waals surface area contributed by atoms with Crippen LogP contribution in [0.1, 0.15) is 12.6 Å². The molecule has 2 aromatic heterocycles. The van der Waals surface area contributed by atoms with Crippen LogP contribution in [-0.4, -0.2) is 69.1 Å². The molecule has 0 saturated heterocycles. The van der Waals surface area contributed by atoms with Crippen molar-refractivity contribution in [3.05, 3.63) is 84.6 Å². The first-order valence-electron chi connectivity index (χ1n) is 12.1. The third-order valence-corrected chi connectivity index (χ3v) is 5.36. The second-order valence-corrected chi connectivity index (χ2v) is 9.14. The number of carboxylic acid groups (broad SMARTS) is 2. The van der Waals surface area contributed by atoms with Crippen LogP contribution in [0, 0.1) is 12.8 Å². The average Bonchev–Trinajstić information content (AvgIpc) is 3.25. The van der Waals surface area contributed by atoms with Crippen LogP contribution in [0.15, 0.2) is 78.9 Å². The summed E-state index contributed by atoms with van der Waals surface area (Å²) in [7, 11) is 4.17. The van der Waals surface area contributed by atoms with E-state index in [1.165, 1.54) is 0 Å². The Balaban J connectivity index is 0.000000436. The number of benzene rings is 2. The zero-order valence-corrected chi connectivity index (χ0v) is 21.9. The molecule has 0 aliphatic heterocycles. The Morgan fingerprint density at radius 1 is 1.00 bits per heavy atom. The summed E-state index contributed by atoms with van der Waals surface area (Å²) >= 11 is 0. The van der Waals surface area contributed by atoms with Crippen molar-refractivity contribution in [3.8, 4) is 22.7 Å². The Kier molecular flexibility index (Phi) is 9.72. The van der Waals surface area contributed by atoms with Gasteiger partial charge in [0.05, 0.1) is 12.3 Å². The standard InChI is InChI=1S/C25H28N4O.C4H4O4/c1-18(16-28(3)4)17-30-22-12-8-11-21(15-22)29-25-23(14-13-19(2)26-25)24(27-29)20-9-6-5-7-10-20;5-3(6)1-2-4(7)8/h5-15,18H,16-17H2,1-4H3;1-2H,(H,5,6)(H,7,8)/b;2-1-. The summed E-state index contributed by atoms with van der Waals surface area (Å²) in [6, 6.07) is 22.5. The Hall–Kier alpha value is -4.50. The molecule has 38 heavy (non-hydrogen) atoms. The summed E-state index contributed by atoms with van der Waals surface area (Å²) in [5.74, 6) is -1.22. The van der Waals surface area contributed by atoms with Crippen LogP contribution in [0.4, 0.5) is 0 Å². The molecule has 0 fully saturated rings. The van der Waals surface area contributed by atoms with Gasteiger partial charge in [-0.1, -0.05) is 43.3 Å². The number of aromatic nitrogens is 3. The van der Waals surface area contributed by atoms with Crippen molar-refractivity contribution in [2.45, 2.75) is 13.8 Å². The maximum Gasteiger partial charge on any atom is 0.328 e. The summed E-state index contributed by atoms with van der Waals surface area (Å²) < 4.78 is 7.99. The normalized spacial score (nSPS) is 11.8. The molecule has 9 nitrogen and oxygen atoms in total. The van der Waals surface area contributed by atoms with Crippen LogP contribution in [0.3, 0.4) is 0 Å². The summed E-state index contributed by atoms with van der Waals surface area (Å²) in [5.41, 5.74) is 4.78. The molecule has 198 valence electrons. The first-order valence-corrected chi connectivity index (χ1v) is 12.1. The minimum Gasteiger partial charge on any atom is -0.493 e. The van der Waals surface area contributed by atoms with E-state index < -0.39 is 11.9 Å². The number of carboxylic acids is 2. The molecule has 2 aromatic carbocycles. The highest BCUT2D eigenvalue weighted by atomic mass is 16.5. The molecular formula is C29H32N4O5. The Bertz CT molecular complexity index is 1400. The lowest BCUT2D eigenvalue weighted by Crippen LogP contribution is -2.24. The minimum absolute atomic E-state index is 0.447. The first-order chi connectivity index (χ1) is 18.1. The van der Waals surface area contributed by atoms with Gasteiger partial charge in [0.15, 0.2) is 5.65 Å². The highest BCUT2D eigenvalue weighted by Crippen LogP contribution is 2.30. The SMILES string of the molecule is Cc1ccc2c(-c3ccccc3)nn(-c3cccc(OCC(C)CN(C)C)c3)c2n1.O=C(O)/C=C\C(=O)O. The van der Waals surface area contributed by atoms with Crippen LogP contribution in [0.2, 0.25) is 0 Å². The Morgan fingerprint density at radius 3 is 2.32 bits per heavy atom. The van der Waals surface area contributed by atoms with Gasteiger partial charge in [-0.2, -0.15) is 5.10 Å². The molecular weight excluding hydrogens is 484 g/mol. The smallest absolute Gasteiger partial charge is 0.328 e. The first kappa shape index (κ1) is 28.1. The van der Waals surface area contributed by atoms with Gasteiger partial charge in [-0.15, -0.1) is 0 Å². The van der Waals surface area contributed by atoms with E-state index in [2.05, 4.69) is 44.1 Å². The van der Waals surface area contributed by atoms with E-state index in [9.17, 15) is 9.59 Å². The fraction of sp³-hybridized carbons (Fsp3) is 0.241. The van der Waals surface area contributed by atoms with Crippen LogP contribution >= 0.6 is 0 Å². The zero-order valence-electron chi connectivity index (χ0n) is 21.9. The highest BCUT2D eigenvalue weighted by Gasteiger charge is 2.15. The van der Waals surface area contributed by atoms with Crippen molar-refractivity contribution in [3.63, 3.8) is 0 Å². The molecule has 1 unspecified atom stereocenters. The largest absolute Gasteiger partial charge is 0.493 e. The van der Waals surface area contributed by atoms with E-state index in [0.29, 0.717) is 24.7 Å². The molecule has 4 rings (SSSR count). The average molecular weight is 517 g/mol. The lowest BCUT2D eigenvalue weighted by molar-refractivity contribution is -0.134. The number of rotatable bonds is 9. The van der Waals surface area contributed by atoms with E-state index in [-0.39, 0.29) is 0 Å². The van der Waals surface area contributed by atoms with Gasteiger partial charge in [-0.05, 0) is 45.3 Å². The number of hydrogen-bond donors (Lipinski definition) is 2. The monoisotopic (exact) mass is 516 g/mol. The molecule has 2 heterocycles. The molecule has 0 spiro atoms. The van der Waals surface area contributed by atoms with Gasteiger partial charge in [0.1, 0.15) is 11.4 Å². The van der Waals surface area contributed by atoms with Gasteiger partial charge >= 0.3 is 11.9 Å². The molecule has 2 N–H and O–H groups in total. The van der Waals surface area contributed by atoms with E-state index in [1.807, 2.05) is 60.1 Å². The maximum atomic E-state index is 9.55. The number of carbonyl (C=O) groups is 2. The van der Waals surface area contributed by atoms with Crippen LogP contribution in [0.5, 0.6) is 5.75 Å². The quantitative estimate of drug-likeness (QED) is 0.308. The summed E-state index contributed by atoms with van der Waals surface area (Å²) in [6.07, 6.45) is 1.12. The number of hydrogen-bond acceptors (Lipinski definition) is 6. The molecule has 0 aliphatic carbocycles. The number of aryl methyl sites for hydroxylation is 1. The zero-order chi connectivity index (χ0) is 27.7. The maximum absolute atomic E-state index is 9.55. The third-order valence-electron chi connectivity index (χ3n) is 5.36. The number of aliphatic carboxylic acids is 2. The number of ether oxygens (including phenoxy) is 1. The van der Waals surface area contributed by atoms with Crippen molar-refractivity contribution in [2.24, 2.45) is 5.92 Å². The Labute approximate surface area is 221 Å². The lowest BCUT2D eigenvalue weighted by Gasteiger charge is -2.17. The van der Waals surface area contributed by atoms with Crippen molar-refractivity contribution in [1.29, 1.82) is 0 Å². The van der Waals surface area contributed by atoms with Crippen LogP contribution < -0.4 is 4.74 Å². The van der Waals surface area contributed by atoms with E-state index >= 15 is 0 Å². The molecule has 0 bridgehead atoms. The Morgan fingerprint density at radius 2 is 1.68 bits per heavy atom. The van der Waals surface area contributed by atoms with E-state index in [4.69, 9.17) is 25.0 Å². The van der Waals surface area contributed by atoms with Gasteiger partial charge in [-0.3, -0.25) is 0 Å². The van der Waals surface area contributed by atoms with Crippen molar-refractivity contribution < 1.29 is 24.5 Å². The molecule has 1 atom stereocenters. The van der Waals surface area contributed by atoms with E-state index in [0.717, 1.165) is 46.0 Å². The predicted molar refractivity (Wildman–Crippen MR) is 147 cm³/mol. The van der Waals surface area contributed by atoms with Crippen molar-refractivity contribution in [2.75, 3.05) is 27.2 Å². The van der Waals surface area contributed by atoms with Gasteiger partial charge in [0.2, 0.25) is 0 Å². The lowest BCUT2D eigenvalue weighted by atomic mass is 10.1. The second-order valence-electron chi connectivity index (χ2n) is 9.14. The molecule has 0 amide bonds. The predicted octanol–water partition coefficient (Wildman–Crippen LogP) is 4.68. The van der Waals surface area contributed by atoms with Crippen LogP contribution in [-0.2, 0) is 9.59 Å². The molecule has 0 saturated carbocycles. The molecule has 9 heteroatoms. The fourth-order valence-corrected chi connectivity index (χ4v) is 3.84. The number of pyridine rings is 1. The van der Waals surface area contributed by atoms with Gasteiger partial charge < -0.3 is 19.8 Å². The fourth-order valence-electron chi connectivity index (χ4n) is 3.84. The van der Waals surface area contributed by atoms with E-state index in [1.54, 1.807) is 0 Å². The minimum atomic E-state index is -1.26. The van der Waals surface area contributed by atoms with Gasteiger partial charge in [-0.25, -0.2) is 19.3 Å². The second kappa shape index (κ2) is 13.2. The topological polar surface area (TPSA) is 118 Å². The van der Waals surface area contributed by atoms with Gasteiger partial charge in [0.25, 0.3) is 0 Å². The summed E-state index contributed by atoms with van der Waals surface area (Å²) in [6.45, 7) is 5.87. The molecule has 4 aromatic rings. The van der Waals surface area contributed by atoms with Gasteiger partial charge in [0, 0.05) is 47.3 Å². The number of fused-ring (bicyclic) bond motifs is 1. The summed E-state index contributed by atoms with van der Waals surface area (Å²) in [4.78, 5) is 26.1. The molecule has 0 radical (unpaired) electrons. The molecule has 0 aliphatic rings. The third kappa shape index (κ3) is 8.01. The van der Waals surface area contributed by atoms with Crippen molar-refractivity contribution in [1.82, 2.24) is 19.7 Å². The summed E-state index contributed by atoms with van der Waals surface area (Å²) in [5, 5.41) is 21.6. The van der Waals surface area contributed by atoms with Crippen molar-refractivity contribution >= 4 is 23.0 Å². The van der Waals surface area contributed by atoms with Crippen LogP contribution in [0.25, 0.3) is 28.0 Å². The number of nitrogens with zero attached hydrogens (tertiary/aromatic N) is 4. The highest BCUT2D eigenvalue weighted by molar-refractivity contribution is 5.92.